The van der Waals surface area contributed by atoms with Gasteiger partial charge < -0.3 is 10.4 Å². The minimum Gasteiger partial charge on any atom is -0.507 e. The van der Waals surface area contributed by atoms with Crippen LogP contribution in [-0.2, 0) is 11.0 Å². The Kier molecular flexibility index (Phi) is 5.36. The molecule has 0 spiro atoms. The van der Waals surface area contributed by atoms with Crippen LogP contribution in [0.2, 0.25) is 0 Å². The third kappa shape index (κ3) is 4.22. The predicted octanol–water partition coefficient (Wildman–Crippen LogP) is 4.57. The highest BCUT2D eigenvalue weighted by Gasteiger charge is 2.33. The van der Waals surface area contributed by atoms with Gasteiger partial charge in [-0.25, -0.2) is 0 Å². The molecule has 0 bridgehead atoms. The number of para-hydroxylation sites is 1. The molecule has 2 rings (SSSR count). The van der Waals surface area contributed by atoms with Gasteiger partial charge in [0.15, 0.2) is 0 Å². The molecular weight excluding hydrogens is 345 g/mol. The van der Waals surface area contributed by atoms with Gasteiger partial charge in [0.05, 0.1) is 11.3 Å². The smallest absolute Gasteiger partial charge is 0.418 e. The highest BCUT2D eigenvalue weighted by atomic mass is 19.4. The second-order valence-electron chi connectivity index (χ2n) is 5.67. The summed E-state index contributed by atoms with van der Waals surface area (Å²) in [6, 6.07) is 9.35. The molecule has 4 nitrogen and oxygen atoms in total. The van der Waals surface area contributed by atoms with Crippen molar-refractivity contribution in [3.63, 3.8) is 0 Å². The highest BCUT2D eigenvalue weighted by molar-refractivity contribution is 6.10. The summed E-state index contributed by atoms with van der Waals surface area (Å²) in [7, 11) is 0. The van der Waals surface area contributed by atoms with Crippen molar-refractivity contribution < 1.29 is 23.1 Å². The van der Waals surface area contributed by atoms with Crippen molar-refractivity contribution in [1.82, 2.24) is 0 Å². The van der Waals surface area contributed by atoms with Crippen molar-refractivity contribution in [2.75, 3.05) is 5.32 Å². The van der Waals surface area contributed by atoms with E-state index in [-0.39, 0.29) is 11.3 Å². The van der Waals surface area contributed by atoms with E-state index in [1.807, 2.05) is 0 Å². The van der Waals surface area contributed by atoms with Crippen LogP contribution < -0.4 is 5.32 Å². The van der Waals surface area contributed by atoms with Crippen LogP contribution in [0, 0.1) is 25.2 Å². The maximum atomic E-state index is 13.0. The first-order valence-corrected chi connectivity index (χ1v) is 7.53. The highest BCUT2D eigenvalue weighted by Crippen LogP contribution is 2.34. The third-order valence-electron chi connectivity index (χ3n) is 3.67. The number of anilines is 1. The minimum atomic E-state index is -4.63. The monoisotopic (exact) mass is 360 g/mol. The number of aryl methyl sites for hydroxylation is 2. The SMILES string of the molecule is Cc1cc(C=C(C#N)C(=O)Nc2ccccc2C(F)(F)F)cc(C)c1O. The quantitative estimate of drug-likeness (QED) is 0.622. The molecule has 0 saturated heterocycles. The fourth-order valence-electron chi connectivity index (χ4n) is 2.42. The summed E-state index contributed by atoms with van der Waals surface area (Å²) in [5, 5.41) is 21.1. The Labute approximate surface area is 148 Å². The summed E-state index contributed by atoms with van der Waals surface area (Å²) < 4.78 is 39.0. The number of phenols is 1. The van der Waals surface area contributed by atoms with E-state index in [0.717, 1.165) is 12.1 Å². The molecule has 7 heteroatoms. The molecule has 0 aliphatic rings. The first-order chi connectivity index (χ1) is 12.1. The largest absolute Gasteiger partial charge is 0.507 e. The van der Waals surface area contributed by atoms with Crippen molar-refractivity contribution in [3.8, 4) is 11.8 Å². The van der Waals surface area contributed by atoms with Crippen LogP contribution in [0.1, 0.15) is 22.3 Å². The maximum Gasteiger partial charge on any atom is 0.418 e. The van der Waals surface area contributed by atoms with Crippen LogP contribution in [-0.4, -0.2) is 11.0 Å². The molecule has 1 amide bonds. The third-order valence-corrected chi connectivity index (χ3v) is 3.67. The number of hydrogen-bond acceptors (Lipinski definition) is 3. The Balaban J connectivity index is 2.36. The molecule has 0 aromatic heterocycles. The molecule has 2 aromatic carbocycles. The molecule has 0 radical (unpaired) electrons. The number of carbonyl (C=O) groups is 1. The Bertz CT molecular complexity index is 902. The molecule has 0 atom stereocenters. The van der Waals surface area contributed by atoms with Gasteiger partial charge in [0, 0.05) is 0 Å². The molecule has 26 heavy (non-hydrogen) atoms. The number of benzene rings is 2. The molecule has 0 unspecified atom stereocenters. The van der Waals surface area contributed by atoms with E-state index in [2.05, 4.69) is 5.32 Å². The predicted molar refractivity (Wildman–Crippen MR) is 91.2 cm³/mol. The van der Waals surface area contributed by atoms with E-state index in [1.54, 1.807) is 32.0 Å². The van der Waals surface area contributed by atoms with Crippen molar-refractivity contribution >= 4 is 17.7 Å². The van der Waals surface area contributed by atoms with Gasteiger partial charge in [0.2, 0.25) is 0 Å². The molecular formula is C19H15F3N2O2. The molecule has 0 saturated carbocycles. The van der Waals surface area contributed by atoms with Gasteiger partial charge in [0.25, 0.3) is 5.91 Å². The van der Waals surface area contributed by atoms with Crippen LogP contribution in [0.15, 0.2) is 42.0 Å². The zero-order valence-electron chi connectivity index (χ0n) is 14.0. The van der Waals surface area contributed by atoms with Crippen molar-refractivity contribution in [3.05, 3.63) is 64.2 Å². The fraction of sp³-hybridized carbons (Fsp3) is 0.158. The van der Waals surface area contributed by atoms with E-state index >= 15 is 0 Å². The Morgan fingerprint density at radius 3 is 2.31 bits per heavy atom. The van der Waals surface area contributed by atoms with Gasteiger partial charge >= 0.3 is 6.18 Å². The topological polar surface area (TPSA) is 73.1 Å². The number of nitrogens with zero attached hydrogens (tertiary/aromatic N) is 1. The molecule has 0 aliphatic carbocycles. The maximum absolute atomic E-state index is 13.0. The van der Waals surface area contributed by atoms with Crippen LogP contribution in [0.4, 0.5) is 18.9 Å². The minimum absolute atomic E-state index is 0.101. The molecule has 0 fully saturated rings. The lowest BCUT2D eigenvalue weighted by Crippen LogP contribution is -2.17. The molecule has 0 heterocycles. The summed E-state index contributed by atoms with van der Waals surface area (Å²) in [4.78, 5) is 12.2. The first-order valence-electron chi connectivity index (χ1n) is 7.53. The zero-order chi connectivity index (χ0) is 19.5. The normalized spacial score (nSPS) is 11.8. The van der Waals surface area contributed by atoms with Gasteiger partial charge in [0.1, 0.15) is 17.4 Å². The van der Waals surface area contributed by atoms with Crippen molar-refractivity contribution in [2.45, 2.75) is 20.0 Å². The van der Waals surface area contributed by atoms with Crippen molar-refractivity contribution in [2.24, 2.45) is 0 Å². The second kappa shape index (κ2) is 7.31. The van der Waals surface area contributed by atoms with E-state index in [0.29, 0.717) is 16.7 Å². The van der Waals surface area contributed by atoms with Gasteiger partial charge in [-0.3, -0.25) is 4.79 Å². The van der Waals surface area contributed by atoms with Gasteiger partial charge in [-0.05, 0) is 60.9 Å². The van der Waals surface area contributed by atoms with Gasteiger partial charge in [-0.1, -0.05) is 12.1 Å². The van der Waals surface area contributed by atoms with E-state index < -0.39 is 23.3 Å². The number of nitrogens with one attached hydrogen (secondary N) is 1. The summed E-state index contributed by atoms with van der Waals surface area (Å²) in [6.07, 6.45) is -3.38. The van der Waals surface area contributed by atoms with Crippen LogP contribution in [0.3, 0.4) is 0 Å². The standard InChI is InChI=1S/C19H15F3N2O2/c1-11-7-13(8-12(2)17(11)25)9-14(10-23)18(26)24-16-6-4-3-5-15(16)19(20,21)22/h3-9,25H,1-2H3,(H,24,26). The number of amides is 1. The van der Waals surface area contributed by atoms with E-state index in [1.165, 1.54) is 18.2 Å². The average molecular weight is 360 g/mol. The van der Waals surface area contributed by atoms with E-state index in [4.69, 9.17) is 0 Å². The lowest BCUT2D eigenvalue weighted by Gasteiger charge is -2.13. The van der Waals surface area contributed by atoms with Gasteiger partial charge in [-0.2, -0.15) is 18.4 Å². The summed E-state index contributed by atoms with van der Waals surface area (Å²) >= 11 is 0. The summed E-state index contributed by atoms with van der Waals surface area (Å²) in [6.45, 7) is 3.32. The number of phenolic OH excluding ortho intramolecular Hbond substituents is 1. The van der Waals surface area contributed by atoms with Crippen LogP contribution in [0.25, 0.3) is 6.08 Å². The second-order valence-corrected chi connectivity index (χ2v) is 5.67. The lowest BCUT2D eigenvalue weighted by atomic mass is 10.0. The summed E-state index contributed by atoms with van der Waals surface area (Å²) in [5.41, 5.74) is -0.195. The number of aromatic hydroxyl groups is 1. The lowest BCUT2D eigenvalue weighted by molar-refractivity contribution is -0.137. The Hall–Kier alpha value is -3.27. The average Bonchev–Trinajstić information content (AvgIpc) is 2.56. The van der Waals surface area contributed by atoms with Crippen molar-refractivity contribution in [1.29, 1.82) is 5.26 Å². The number of rotatable bonds is 3. The van der Waals surface area contributed by atoms with Gasteiger partial charge in [-0.15, -0.1) is 0 Å². The van der Waals surface area contributed by atoms with E-state index in [9.17, 15) is 28.3 Å². The number of hydrogen-bond donors (Lipinski definition) is 2. The number of alkyl halides is 3. The number of halogens is 3. The zero-order valence-corrected chi connectivity index (χ0v) is 14.0. The van der Waals surface area contributed by atoms with Crippen LogP contribution >= 0.6 is 0 Å². The summed E-state index contributed by atoms with van der Waals surface area (Å²) in [5.74, 6) is -0.850. The Morgan fingerprint density at radius 2 is 1.77 bits per heavy atom. The molecule has 134 valence electrons. The number of carbonyl (C=O) groups excluding carboxylic acids is 1. The first kappa shape index (κ1) is 19.1. The Morgan fingerprint density at radius 1 is 1.19 bits per heavy atom. The fourth-order valence-corrected chi connectivity index (χ4v) is 2.42. The molecule has 0 aliphatic heterocycles. The van der Waals surface area contributed by atoms with Crippen LogP contribution in [0.5, 0.6) is 5.75 Å². The number of nitriles is 1. The molecule has 2 aromatic rings. The molecule has 2 N–H and O–H groups in total.